The van der Waals surface area contributed by atoms with E-state index in [0.717, 1.165) is 5.56 Å². The summed E-state index contributed by atoms with van der Waals surface area (Å²) in [5.74, 6) is -0.867. The number of nitrogens with zero attached hydrogens (tertiary/aromatic N) is 3. The second-order valence-electron chi connectivity index (χ2n) is 4.65. The number of nitrogens with one attached hydrogen (secondary N) is 2. The molecule has 0 aliphatic heterocycles. The SMILES string of the molecule is C.O=C(O)c1ccc(NC(=O)c2ccc(-c3nn[nH]n3)cc2)cc1. The van der Waals surface area contributed by atoms with Crippen LogP contribution in [0.15, 0.2) is 48.5 Å². The second-order valence-corrected chi connectivity index (χ2v) is 4.65. The molecule has 8 nitrogen and oxygen atoms in total. The predicted molar refractivity (Wildman–Crippen MR) is 87.7 cm³/mol. The largest absolute Gasteiger partial charge is 0.478 e. The van der Waals surface area contributed by atoms with Crippen LogP contribution in [0.3, 0.4) is 0 Å². The summed E-state index contributed by atoms with van der Waals surface area (Å²) in [6, 6.07) is 12.7. The van der Waals surface area contributed by atoms with Gasteiger partial charge in [-0.2, -0.15) is 5.21 Å². The molecule has 1 amide bonds. The Kier molecular flexibility index (Phi) is 5.00. The minimum atomic E-state index is -1.01. The average Bonchev–Trinajstić information content (AvgIpc) is 3.10. The van der Waals surface area contributed by atoms with Crippen LogP contribution in [-0.4, -0.2) is 37.6 Å². The van der Waals surface area contributed by atoms with E-state index in [4.69, 9.17) is 5.11 Å². The van der Waals surface area contributed by atoms with Gasteiger partial charge in [0, 0.05) is 16.8 Å². The van der Waals surface area contributed by atoms with Gasteiger partial charge in [0.15, 0.2) is 0 Å². The monoisotopic (exact) mass is 325 g/mol. The van der Waals surface area contributed by atoms with Gasteiger partial charge in [-0.3, -0.25) is 4.79 Å². The Labute approximate surface area is 137 Å². The number of carbonyl (C=O) groups is 2. The Morgan fingerprint density at radius 3 is 2.12 bits per heavy atom. The third-order valence-corrected chi connectivity index (χ3v) is 3.14. The molecule has 0 bridgehead atoms. The molecule has 0 fully saturated rings. The van der Waals surface area contributed by atoms with Gasteiger partial charge in [0.05, 0.1) is 5.56 Å². The maximum atomic E-state index is 12.2. The highest BCUT2D eigenvalue weighted by molar-refractivity contribution is 6.04. The van der Waals surface area contributed by atoms with E-state index in [0.29, 0.717) is 17.1 Å². The van der Waals surface area contributed by atoms with Crippen LogP contribution in [0.1, 0.15) is 28.1 Å². The molecular weight excluding hydrogens is 310 g/mol. The Morgan fingerprint density at radius 2 is 1.58 bits per heavy atom. The average molecular weight is 325 g/mol. The molecule has 1 aromatic heterocycles. The quantitative estimate of drug-likeness (QED) is 0.677. The highest BCUT2D eigenvalue weighted by Crippen LogP contribution is 2.16. The summed E-state index contributed by atoms with van der Waals surface area (Å²) in [5.41, 5.74) is 1.87. The summed E-state index contributed by atoms with van der Waals surface area (Å²) in [4.78, 5) is 22.9. The van der Waals surface area contributed by atoms with Crippen molar-refractivity contribution in [2.45, 2.75) is 7.43 Å². The van der Waals surface area contributed by atoms with E-state index < -0.39 is 5.97 Å². The lowest BCUT2D eigenvalue weighted by Gasteiger charge is -2.06. The van der Waals surface area contributed by atoms with E-state index in [1.54, 1.807) is 24.3 Å². The number of carboxylic acids is 1. The van der Waals surface area contributed by atoms with Crippen LogP contribution in [0.5, 0.6) is 0 Å². The Balaban J connectivity index is 0.00000208. The summed E-state index contributed by atoms with van der Waals surface area (Å²) in [7, 11) is 0. The summed E-state index contributed by atoms with van der Waals surface area (Å²) in [5, 5.41) is 25.1. The van der Waals surface area contributed by atoms with Crippen LogP contribution in [0.2, 0.25) is 0 Å². The maximum absolute atomic E-state index is 12.2. The zero-order valence-electron chi connectivity index (χ0n) is 11.7. The van der Waals surface area contributed by atoms with Crippen molar-refractivity contribution in [3.05, 3.63) is 59.7 Å². The van der Waals surface area contributed by atoms with Crippen LogP contribution in [-0.2, 0) is 0 Å². The number of amides is 1. The number of anilines is 1. The van der Waals surface area contributed by atoms with Crippen LogP contribution in [0, 0.1) is 0 Å². The van der Waals surface area contributed by atoms with Gasteiger partial charge in [-0.1, -0.05) is 19.6 Å². The molecule has 8 heteroatoms. The number of hydrogen-bond donors (Lipinski definition) is 3. The van der Waals surface area contributed by atoms with Gasteiger partial charge >= 0.3 is 5.97 Å². The predicted octanol–water partition coefficient (Wildman–Crippen LogP) is 2.45. The summed E-state index contributed by atoms with van der Waals surface area (Å²) >= 11 is 0. The number of benzene rings is 2. The fraction of sp³-hybridized carbons (Fsp3) is 0.0625. The van der Waals surface area contributed by atoms with Crippen LogP contribution in [0.25, 0.3) is 11.4 Å². The maximum Gasteiger partial charge on any atom is 0.335 e. The molecule has 0 atom stereocenters. The van der Waals surface area contributed by atoms with E-state index >= 15 is 0 Å². The highest BCUT2D eigenvalue weighted by atomic mass is 16.4. The molecule has 0 saturated heterocycles. The number of aromatic carboxylic acids is 1. The van der Waals surface area contributed by atoms with Gasteiger partial charge in [0.25, 0.3) is 5.91 Å². The number of carbonyl (C=O) groups excluding carboxylic acids is 1. The Bertz CT molecular complexity index is 827. The first-order valence-corrected chi connectivity index (χ1v) is 6.62. The minimum Gasteiger partial charge on any atom is -0.478 e. The molecule has 0 aliphatic rings. The normalized spacial score (nSPS) is 9.83. The Morgan fingerprint density at radius 1 is 0.958 bits per heavy atom. The third-order valence-electron chi connectivity index (χ3n) is 3.14. The van der Waals surface area contributed by atoms with Crippen LogP contribution < -0.4 is 5.32 Å². The zero-order chi connectivity index (χ0) is 16.2. The number of carboxylic acid groups (broad SMARTS) is 1. The molecule has 2 aromatic carbocycles. The lowest BCUT2D eigenvalue weighted by molar-refractivity contribution is 0.0696. The standard InChI is InChI=1S/C15H11N5O3.CH4/c21-14(16-12-7-5-11(6-8-12)15(22)23)10-3-1-9(2-4-10)13-17-19-20-18-13;/h1-8H,(H,16,21)(H,22,23)(H,17,18,19,20);1H4. The highest BCUT2D eigenvalue weighted by Gasteiger charge is 2.09. The van der Waals surface area contributed by atoms with Crippen LogP contribution >= 0.6 is 0 Å². The van der Waals surface area contributed by atoms with Crippen molar-refractivity contribution >= 4 is 17.6 Å². The minimum absolute atomic E-state index is 0. The van der Waals surface area contributed by atoms with Crippen LogP contribution in [0.4, 0.5) is 5.69 Å². The zero-order valence-corrected chi connectivity index (χ0v) is 11.7. The van der Waals surface area contributed by atoms with Gasteiger partial charge in [-0.05, 0) is 41.6 Å². The molecule has 0 aliphatic carbocycles. The van der Waals surface area contributed by atoms with Crippen molar-refractivity contribution < 1.29 is 14.7 Å². The molecule has 0 radical (unpaired) electrons. The third kappa shape index (κ3) is 3.61. The van der Waals surface area contributed by atoms with Crippen molar-refractivity contribution in [3.63, 3.8) is 0 Å². The molecule has 122 valence electrons. The van der Waals surface area contributed by atoms with Crippen molar-refractivity contribution in [1.82, 2.24) is 20.6 Å². The van der Waals surface area contributed by atoms with Gasteiger partial charge in [-0.25, -0.2) is 4.79 Å². The second kappa shape index (κ2) is 7.14. The fourth-order valence-corrected chi connectivity index (χ4v) is 1.95. The first-order valence-electron chi connectivity index (χ1n) is 6.62. The summed E-state index contributed by atoms with van der Waals surface area (Å²) in [6.45, 7) is 0. The number of aromatic nitrogens is 4. The van der Waals surface area contributed by atoms with Crippen molar-refractivity contribution in [1.29, 1.82) is 0 Å². The van der Waals surface area contributed by atoms with E-state index in [1.807, 2.05) is 0 Å². The molecule has 1 heterocycles. The number of tetrazole rings is 1. The molecular formula is C16H15N5O3. The fourth-order valence-electron chi connectivity index (χ4n) is 1.95. The van der Waals surface area contributed by atoms with Crippen molar-refractivity contribution in [2.75, 3.05) is 5.32 Å². The molecule has 24 heavy (non-hydrogen) atoms. The number of hydrogen-bond acceptors (Lipinski definition) is 5. The molecule has 0 spiro atoms. The van der Waals surface area contributed by atoms with Crippen molar-refractivity contribution in [3.8, 4) is 11.4 Å². The van der Waals surface area contributed by atoms with Crippen molar-refractivity contribution in [2.24, 2.45) is 0 Å². The van der Waals surface area contributed by atoms with E-state index in [1.165, 1.54) is 24.3 Å². The molecule has 3 N–H and O–H groups in total. The molecule has 3 aromatic rings. The first kappa shape index (κ1) is 16.8. The lowest BCUT2D eigenvalue weighted by atomic mass is 10.1. The topological polar surface area (TPSA) is 121 Å². The van der Waals surface area contributed by atoms with E-state index in [9.17, 15) is 9.59 Å². The molecule has 3 rings (SSSR count). The van der Waals surface area contributed by atoms with E-state index in [-0.39, 0.29) is 18.9 Å². The summed E-state index contributed by atoms with van der Waals surface area (Å²) < 4.78 is 0. The Hall–Kier alpha value is -3.55. The van der Waals surface area contributed by atoms with Gasteiger partial charge in [-0.15, -0.1) is 10.2 Å². The van der Waals surface area contributed by atoms with E-state index in [2.05, 4.69) is 25.9 Å². The summed E-state index contributed by atoms with van der Waals surface area (Å²) in [6.07, 6.45) is 0. The smallest absolute Gasteiger partial charge is 0.335 e. The lowest BCUT2D eigenvalue weighted by Crippen LogP contribution is -2.11. The molecule has 0 saturated carbocycles. The number of H-pyrrole nitrogens is 1. The number of aromatic amines is 1. The van der Waals surface area contributed by atoms with Gasteiger partial charge in [0.2, 0.25) is 5.82 Å². The number of rotatable bonds is 4. The van der Waals surface area contributed by atoms with Gasteiger partial charge < -0.3 is 10.4 Å². The van der Waals surface area contributed by atoms with Gasteiger partial charge in [0.1, 0.15) is 0 Å². The molecule has 0 unspecified atom stereocenters. The first-order chi connectivity index (χ1) is 11.1.